The highest BCUT2D eigenvalue weighted by atomic mass is 16.5. The normalized spacial score (nSPS) is 24.6. The van der Waals surface area contributed by atoms with Gasteiger partial charge in [0.25, 0.3) is 11.8 Å². The number of fused-ring (bicyclic) bond motifs is 1. The first kappa shape index (κ1) is 23.6. The number of amides is 4. The highest BCUT2D eigenvalue weighted by molar-refractivity contribution is 6.08. The minimum absolute atomic E-state index is 0.0103. The van der Waals surface area contributed by atoms with E-state index in [1.165, 1.54) is 4.90 Å². The number of ether oxygens (including phenoxy) is 1. The lowest BCUT2D eigenvalue weighted by Gasteiger charge is -2.40. The van der Waals surface area contributed by atoms with Gasteiger partial charge in [-0.1, -0.05) is 42.5 Å². The minimum atomic E-state index is -1.24. The van der Waals surface area contributed by atoms with Gasteiger partial charge in [-0.15, -0.1) is 0 Å². The van der Waals surface area contributed by atoms with Crippen molar-refractivity contribution in [3.8, 4) is 0 Å². The van der Waals surface area contributed by atoms with Crippen LogP contribution in [0.15, 0.2) is 66.9 Å². The summed E-state index contributed by atoms with van der Waals surface area (Å²) in [7, 11) is 0. The maximum Gasteiger partial charge on any atom is 0.325 e. The predicted octanol–water partition coefficient (Wildman–Crippen LogP) is 3.71. The van der Waals surface area contributed by atoms with Gasteiger partial charge in [0.2, 0.25) is 0 Å². The van der Waals surface area contributed by atoms with Gasteiger partial charge in [0.1, 0.15) is 0 Å². The fourth-order valence-corrected chi connectivity index (χ4v) is 6.11. The molecule has 0 radical (unpaired) electrons. The number of nitrogens with zero attached hydrogens (tertiary/aromatic N) is 3. The lowest BCUT2D eigenvalue weighted by Crippen LogP contribution is -2.54. The van der Waals surface area contributed by atoms with Gasteiger partial charge in [-0.2, -0.15) is 0 Å². The number of imide groups is 1. The number of pyridine rings is 1. The molecule has 0 spiro atoms. The fraction of sp³-hybridized carbons (Fsp3) is 0.379. The summed E-state index contributed by atoms with van der Waals surface area (Å²) < 4.78 is 5.71. The van der Waals surface area contributed by atoms with E-state index in [-0.39, 0.29) is 30.4 Å². The van der Waals surface area contributed by atoms with E-state index in [2.05, 4.69) is 10.3 Å². The molecule has 4 heterocycles. The van der Waals surface area contributed by atoms with Gasteiger partial charge in [0.05, 0.1) is 18.3 Å². The average molecular weight is 499 g/mol. The molecule has 190 valence electrons. The second-order valence-corrected chi connectivity index (χ2v) is 10.1. The Morgan fingerprint density at radius 2 is 1.78 bits per heavy atom. The van der Waals surface area contributed by atoms with Gasteiger partial charge >= 0.3 is 6.03 Å². The molecular weight excluding hydrogens is 468 g/mol. The first-order valence-electron chi connectivity index (χ1n) is 13.0. The second kappa shape index (κ2) is 9.59. The summed E-state index contributed by atoms with van der Waals surface area (Å²) in [5.41, 5.74) is -0.0167. The second-order valence-electron chi connectivity index (χ2n) is 10.1. The molecule has 0 unspecified atom stereocenters. The molecule has 2 atom stereocenters. The molecule has 3 aromatic rings. The Bertz CT molecular complexity index is 1330. The van der Waals surface area contributed by atoms with Gasteiger partial charge in [-0.05, 0) is 54.7 Å². The number of benzene rings is 2. The molecule has 1 N–H and O–H groups in total. The zero-order valence-corrected chi connectivity index (χ0v) is 20.6. The third-order valence-electron chi connectivity index (χ3n) is 8.03. The van der Waals surface area contributed by atoms with Gasteiger partial charge in [0.15, 0.2) is 5.54 Å². The molecule has 0 saturated carbocycles. The van der Waals surface area contributed by atoms with Crippen molar-refractivity contribution in [1.29, 1.82) is 0 Å². The SMILES string of the molecule is O=C(c1cccc2ccccc12)N1CCC([C@]2(c3ccccn3)NC(=O)N(C[C@H]3CCCO3)C2=O)CC1. The largest absolute Gasteiger partial charge is 0.376 e. The molecule has 2 aromatic carbocycles. The van der Waals surface area contributed by atoms with Crippen molar-refractivity contribution >= 4 is 28.6 Å². The fourth-order valence-electron chi connectivity index (χ4n) is 6.11. The summed E-state index contributed by atoms with van der Waals surface area (Å²) >= 11 is 0. The molecule has 4 amide bonds. The summed E-state index contributed by atoms with van der Waals surface area (Å²) in [4.78, 5) is 48.3. The molecule has 3 saturated heterocycles. The van der Waals surface area contributed by atoms with Crippen LogP contribution in [0.4, 0.5) is 4.79 Å². The van der Waals surface area contributed by atoms with Crippen molar-refractivity contribution in [2.75, 3.05) is 26.2 Å². The number of rotatable bonds is 5. The number of urea groups is 1. The third kappa shape index (κ3) is 4.05. The summed E-state index contributed by atoms with van der Waals surface area (Å²) in [6.07, 6.45) is 4.44. The number of carbonyl (C=O) groups excluding carboxylic acids is 3. The van der Waals surface area contributed by atoms with Crippen LogP contribution in [0.2, 0.25) is 0 Å². The van der Waals surface area contributed by atoms with Gasteiger partial charge in [-0.3, -0.25) is 19.5 Å². The number of aromatic nitrogens is 1. The van der Waals surface area contributed by atoms with Crippen LogP contribution < -0.4 is 5.32 Å². The Balaban J connectivity index is 1.25. The van der Waals surface area contributed by atoms with Crippen LogP contribution in [0, 0.1) is 5.92 Å². The zero-order chi connectivity index (χ0) is 25.4. The van der Waals surface area contributed by atoms with Crippen LogP contribution in [-0.2, 0) is 15.1 Å². The Kier molecular flexibility index (Phi) is 6.12. The minimum Gasteiger partial charge on any atom is -0.376 e. The molecule has 6 rings (SSSR count). The number of piperidine rings is 1. The van der Waals surface area contributed by atoms with Crippen molar-refractivity contribution in [2.45, 2.75) is 37.3 Å². The molecule has 3 fully saturated rings. The molecule has 3 aliphatic rings. The van der Waals surface area contributed by atoms with Crippen LogP contribution in [0.25, 0.3) is 10.8 Å². The molecule has 0 aliphatic carbocycles. The highest BCUT2D eigenvalue weighted by Gasteiger charge is 2.58. The van der Waals surface area contributed by atoms with Crippen LogP contribution in [0.1, 0.15) is 41.7 Å². The smallest absolute Gasteiger partial charge is 0.325 e. The van der Waals surface area contributed by atoms with E-state index in [1.54, 1.807) is 18.3 Å². The lowest BCUT2D eigenvalue weighted by molar-refractivity contribution is -0.135. The first-order chi connectivity index (χ1) is 18.1. The molecule has 8 heteroatoms. The van der Waals surface area contributed by atoms with E-state index in [1.807, 2.05) is 53.4 Å². The number of hydrogen-bond donors (Lipinski definition) is 1. The van der Waals surface area contributed by atoms with E-state index < -0.39 is 11.6 Å². The van der Waals surface area contributed by atoms with E-state index in [0.29, 0.717) is 43.8 Å². The topological polar surface area (TPSA) is 91.8 Å². The molecular formula is C29H30N4O4. The summed E-state index contributed by atoms with van der Waals surface area (Å²) in [6, 6.07) is 18.7. The lowest BCUT2D eigenvalue weighted by atomic mass is 9.75. The van der Waals surface area contributed by atoms with Gasteiger partial charge in [0, 0.05) is 37.4 Å². The van der Waals surface area contributed by atoms with E-state index in [4.69, 9.17) is 4.74 Å². The maximum absolute atomic E-state index is 14.0. The Morgan fingerprint density at radius 3 is 2.54 bits per heavy atom. The van der Waals surface area contributed by atoms with Crippen LogP contribution in [0.5, 0.6) is 0 Å². The summed E-state index contributed by atoms with van der Waals surface area (Å²) in [5.74, 6) is -0.473. The Labute approximate surface area is 215 Å². The van der Waals surface area contributed by atoms with Crippen molar-refractivity contribution in [2.24, 2.45) is 5.92 Å². The quantitative estimate of drug-likeness (QED) is 0.542. The molecule has 37 heavy (non-hydrogen) atoms. The van der Waals surface area contributed by atoms with Crippen LogP contribution in [0.3, 0.4) is 0 Å². The molecule has 0 bridgehead atoms. The van der Waals surface area contributed by atoms with Crippen molar-refractivity contribution in [3.63, 3.8) is 0 Å². The summed E-state index contributed by atoms with van der Waals surface area (Å²) in [6.45, 7) is 1.90. The van der Waals surface area contributed by atoms with Crippen molar-refractivity contribution in [1.82, 2.24) is 20.1 Å². The first-order valence-corrected chi connectivity index (χ1v) is 13.0. The van der Waals surface area contributed by atoms with E-state index in [9.17, 15) is 14.4 Å². The molecule has 3 aliphatic heterocycles. The number of likely N-dealkylation sites (tertiary alicyclic amines) is 1. The summed E-state index contributed by atoms with van der Waals surface area (Å²) in [5, 5.41) is 5.01. The standard InChI is InChI=1S/C29H30N4O4/c34-26(24-11-5-8-20-7-1-2-10-23(20)24)32-16-13-21(14-17-32)29(25-12-3-4-15-30-25)27(35)33(28(36)31-29)19-22-9-6-18-37-22/h1-5,7-8,10-12,15,21-22H,6,9,13-14,16-19H2,(H,31,36)/t22-,29-/m1/s1. The zero-order valence-electron chi connectivity index (χ0n) is 20.6. The van der Waals surface area contributed by atoms with Gasteiger partial charge in [-0.25, -0.2) is 4.79 Å². The van der Waals surface area contributed by atoms with E-state index >= 15 is 0 Å². The Morgan fingerprint density at radius 1 is 1.00 bits per heavy atom. The van der Waals surface area contributed by atoms with Crippen LogP contribution in [-0.4, -0.2) is 65.0 Å². The van der Waals surface area contributed by atoms with Crippen LogP contribution >= 0.6 is 0 Å². The van der Waals surface area contributed by atoms with E-state index in [0.717, 1.165) is 23.6 Å². The molecule has 1 aromatic heterocycles. The van der Waals surface area contributed by atoms with Gasteiger partial charge < -0.3 is 15.0 Å². The highest BCUT2D eigenvalue weighted by Crippen LogP contribution is 2.41. The monoisotopic (exact) mass is 498 g/mol. The number of carbonyl (C=O) groups is 3. The average Bonchev–Trinajstić information content (AvgIpc) is 3.56. The number of hydrogen-bond acceptors (Lipinski definition) is 5. The maximum atomic E-state index is 14.0. The van der Waals surface area contributed by atoms with Crippen molar-refractivity contribution in [3.05, 3.63) is 78.1 Å². The number of nitrogens with one attached hydrogen (secondary N) is 1. The third-order valence-corrected chi connectivity index (χ3v) is 8.03. The predicted molar refractivity (Wildman–Crippen MR) is 138 cm³/mol. The molecule has 8 nitrogen and oxygen atoms in total. The van der Waals surface area contributed by atoms with Crippen molar-refractivity contribution < 1.29 is 19.1 Å². The Hall–Kier alpha value is -3.78.